The number of rotatable bonds is 5. The summed E-state index contributed by atoms with van der Waals surface area (Å²) in [6, 6.07) is 1.40. The first kappa shape index (κ1) is 17.9. The van der Waals surface area contributed by atoms with Crippen molar-refractivity contribution in [2.45, 2.75) is 31.5 Å². The number of halogens is 3. The Morgan fingerprint density at radius 3 is 2.68 bits per heavy atom. The van der Waals surface area contributed by atoms with Gasteiger partial charge in [0.1, 0.15) is 12.1 Å². The molecule has 0 saturated carbocycles. The minimum absolute atomic E-state index is 0.0491. The van der Waals surface area contributed by atoms with Gasteiger partial charge in [-0.1, -0.05) is 0 Å². The number of anilines is 1. The highest BCUT2D eigenvalue weighted by Gasteiger charge is 2.35. The van der Waals surface area contributed by atoms with Crippen LogP contribution in [0.2, 0.25) is 0 Å². The molecule has 0 aliphatic carbocycles. The first-order chi connectivity index (χ1) is 11.9. The van der Waals surface area contributed by atoms with Crippen molar-refractivity contribution in [3.05, 3.63) is 18.1 Å². The maximum atomic E-state index is 13.1. The lowest BCUT2D eigenvalue weighted by molar-refractivity contribution is -0.141. The number of hydrogen-bond donors (Lipinski definition) is 1. The Bertz CT molecular complexity index is 711. The summed E-state index contributed by atoms with van der Waals surface area (Å²) in [4.78, 5) is 11.5. The van der Waals surface area contributed by atoms with E-state index in [-0.39, 0.29) is 12.4 Å². The van der Waals surface area contributed by atoms with E-state index in [0.29, 0.717) is 24.9 Å². The number of nitrogens with zero attached hydrogens (tertiary/aromatic N) is 6. The standard InChI is InChI=1S/C15H21F3N6O/c1-22(5-2-8-25)11-3-6-23(7-4-11)13-9-12(15(16,17)18)21-14-19-10-20-24(13)14/h9-11,25H,2-8H2,1H3. The van der Waals surface area contributed by atoms with Crippen molar-refractivity contribution in [3.63, 3.8) is 0 Å². The number of hydrogen-bond acceptors (Lipinski definition) is 6. The van der Waals surface area contributed by atoms with Crippen molar-refractivity contribution in [2.75, 3.05) is 38.2 Å². The van der Waals surface area contributed by atoms with Crippen LogP contribution in [0.15, 0.2) is 12.4 Å². The molecule has 1 N–H and O–H groups in total. The Balaban J connectivity index is 1.78. The molecule has 10 heteroatoms. The smallest absolute Gasteiger partial charge is 0.396 e. The van der Waals surface area contributed by atoms with E-state index in [0.717, 1.165) is 31.9 Å². The second-order valence-corrected chi connectivity index (χ2v) is 6.25. The van der Waals surface area contributed by atoms with Crippen molar-refractivity contribution < 1.29 is 18.3 Å². The Kier molecular flexibility index (Phi) is 5.09. The van der Waals surface area contributed by atoms with Crippen LogP contribution in [0.3, 0.4) is 0 Å². The average molecular weight is 358 g/mol. The topological polar surface area (TPSA) is 69.8 Å². The number of piperidine rings is 1. The average Bonchev–Trinajstić information content (AvgIpc) is 3.07. The summed E-state index contributed by atoms with van der Waals surface area (Å²) in [6.07, 6.45) is -0.925. The second-order valence-electron chi connectivity index (χ2n) is 6.25. The maximum absolute atomic E-state index is 13.1. The van der Waals surface area contributed by atoms with E-state index in [2.05, 4.69) is 20.0 Å². The third-order valence-electron chi connectivity index (χ3n) is 4.60. The van der Waals surface area contributed by atoms with Crippen LogP contribution in [0.5, 0.6) is 0 Å². The van der Waals surface area contributed by atoms with E-state index in [1.807, 2.05) is 11.9 Å². The molecule has 3 heterocycles. The van der Waals surface area contributed by atoms with E-state index in [1.165, 1.54) is 10.8 Å². The molecule has 138 valence electrons. The van der Waals surface area contributed by atoms with Gasteiger partial charge in [0.25, 0.3) is 5.78 Å². The highest BCUT2D eigenvalue weighted by atomic mass is 19.4. The molecule has 0 amide bonds. The summed E-state index contributed by atoms with van der Waals surface area (Å²) in [5.41, 5.74) is -0.954. The zero-order valence-electron chi connectivity index (χ0n) is 13.9. The number of aromatic nitrogens is 4. The first-order valence-electron chi connectivity index (χ1n) is 8.24. The van der Waals surface area contributed by atoms with Crippen LogP contribution in [0.1, 0.15) is 25.0 Å². The van der Waals surface area contributed by atoms with Gasteiger partial charge in [-0.3, -0.25) is 0 Å². The van der Waals surface area contributed by atoms with Gasteiger partial charge in [0, 0.05) is 38.3 Å². The number of fused-ring (bicyclic) bond motifs is 1. The van der Waals surface area contributed by atoms with Crippen molar-refractivity contribution in [1.82, 2.24) is 24.5 Å². The molecular formula is C15H21F3N6O. The molecular weight excluding hydrogens is 337 g/mol. The van der Waals surface area contributed by atoms with Gasteiger partial charge in [-0.2, -0.15) is 27.8 Å². The molecule has 0 unspecified atom stereocenters. The largest absolute Gasteiger partial charge is 0.433 e. The van der Waals surface area contributed by atoms with E-state index < -0.39 is 11.9 Å². The van der Waals surface area contributed by atoms with Gasteiger partial charge in [0.15, 0.2) is 5.69 Å². The van der Waals surface area contributed by atoms with Crippen LogP contribution in [0, 0.1) is 0 Å². The predicted octanol–water partition coefficient (Wildman–Crippen LogP) is 1.43. The van der Waals surface area contributed by atoms with E-state index >= 15 is 0 Å². The minimum Gasteiger partial charge on any atom is -0.396 e. The van der Waals surface area contributed by atoms with Gasteiger partial charge < -0.3 is 14.9 Å². The molecule has 0 atom stereocenters. The van der Waals surface area contributed by atoms with E-state index in [9.17, 15) is 13.2 Å². The molecule has 25 heavy (non-hydrogen) atoms. The van der Waals surface area contributed by atoms with Crippen LogP contribution in [-0.2, 0) is 6.18 Å². The SMILES string of the molecule is CN(CCCO)C1CCN(c2cc(C(F)(F)F)nc3ncnn23)CC1. The molecule has 0 aromatic carbocycles. The second kappa shape index (κ2) is 7.12. The predicted molar refractivity (Wildman–Crippen MR) is 85.4 cm³/mol. The Labute approximate surface area is 143 Å². The quantitative estimate of drug-likeness (QED) is 0.872. The lowest BCUT2D eigenvalue weighted by atomic mass is 10.0. The highest BCUT2D eigenvalue weighted by molar-refractivity contribution is 5.48. The summed E-state index contributed by atoms with van der Waals surface area (Å²) < 4.78 is 40.6. The van der Waals surface area contributed by atoms with Gasteiger partial charge in [0.2, 0.25) is 0 Å². The number of alkyl halides is 3. The fourth-order valence-corrected chi connectivity index (χ4v) is 3.21. The third-order valence-corrected chi connectivity index (χ3v) is 4.60. The van der Waals surface area contributed by atoms with Gasteiger partial charge in [0.05, 0.1) is 0 Å². The summed E-state index contributed by atoms with van der Waals surface area (Å²) in [5, 5.41) is 12.9. The van der Waals surface area contributed by atoms with Crippen molar-refractivity contribution in [2.24, 2.45) is 0 Å². The highest BCUT2D eigenvalue weighted by Crippen LogP contribution is 2.31. The molecule has 1 aliphatic heterocycles. The molecule has 7 nitrogen and oxygen atoms in total. The summed E-state index contributed by atoms with van der Waals surface area (Å²) in [5.74, 6) is 0.318. The number of aliphatic hydroxyl groups is 1. The van der Waals surface area contributed by atoms with Gasteiger partial charge >= 0.3 is 6.18 Å². The Morgan fingerprint density at radius 2 is 2.04 bits per heavy atom. The van der Waals surface area contributed by atoms with Crippen LogP contribution >= 0.6 is 0 Å². The molecule has 2 aromatic rings. The summed E-state index contributed by atoms with van der Waals surface area (Å²) in [6.45, 7) is 2.22. The number of aliphatic hydroxyl groups excluding tert-OH is 1. The molecule has 1 aliphatic rings. The van der Waals surface area contributed by atoms with Crippen LogP contribution in [-0.4, -0.2) is 68.9 Å². The minimum atomic E-state index is -4.52. The van der Waals surface area contributed by atoms with Crippen molar-refractivity contribution in [1.29, 1.82) is 0 Å². The van der Waals surface area contributed by atoms with Gasteiger partial charge in [-0.25, -0.2) is 4.98 Å². The zero-order chi connectivity index (χ0) is 18.0. The Hall–Kier alpha value is -1.94. The van der Waals surface area contributed by atoms with Gasteiger partial charge in [-0.15, -0.1) is 0 Å². The third kappa shape index (κ3) is 3.84. The fraction of sp³-hybridized carbons (Fsp3) is 0.667. The summed E-state index contributed by atoms with van der Waals surface area (Å²) >= 11 is 0. The zero-order valence-corrected chi connectivity index (χ0v) is 13.9. The molecule has 0 radical (unpaired) electrons. The molecule has 0 bridgehead atoms. The monoisotopic (exact) mass is 358 g/mol. The fourth-order valence-electron chi connectivity index (χ4n) is 3.21. The maximum Gasteiger partial charge on any atom is 0.433 e. The lowest BCUT2D eigenvalue weighted by Crippen LogP contribution is -2.44. The van der Waals surface area contributed by atoms with E-state index in [4.69, 9.17) is 5.11 Å². The van der Waals surface area contributed by atoms with Crippen LogP contribution in [0.4, 0.5) is 19.0 Å². The molecule has 2 aromatic heterocycles. The first-order valence-corrected chi connectivity index (χ1v) is 8.24. The van der Waals surface area contributed by atoms with Crippen LogP contribution < -0.4 is 4.90 Å². The molecule has 3 rings (SSSR count). The molecule has 1 fully saturated rings. The van der Waals surface area contributed by atoms with E-state index in [1.54, 1.807) is 0 Å². The molecule has 1 saturated heterocycles. The van der Waals surface area contributed by atoms with Crippen molar-refractivity contribution >= 4 is 11.6 Å². The summed E-state index contributed by atoms with van der Waals surface area (Å²) in [7, 11) is 2.01. The Morgan fingerprint density at radius 1 is 1.32 bits per heavy atom. The van der Waals surface area contributed by atoms with Gasteiger partial charge in [-0.05, 0) is 26.3 Å². The van der Waals surface area contributed by atoms with Crippen LogP contribution in [0.25, 0.3) is 5.78 Å². The lowest BCUT2D eigenvalue weighted by Gasteiger charge is -2.37. The molecule has 0 spiro atoms. The normalized spacial score (nSPS) is 17.0. The van der Waals surface area contributed by atoms with Crippen molar-refractivity contribution in [3.8, 4) is 0 Å².